The van der Waals surface area contributed by atoms with Crippen molar-refractivity contribution in [3.05, 3.63) is 28.8 Å². The minimum atomic E-state index is -0.0384. The summed E-state index contributed by atoms with van der Waals surface area (Å²) in [5.74, 6) is 1.03. The Morgan fingerprint density at radius 3 is 1.88 bits per heavy atom. The molecular formula is C22H38ClOP. The Hall–Kier alpha value is -0.260. The van der Waals surface area contributed by atoms with Crippen molar-refractivity contribution < 1.29 is 4.74 Å². The van der Waals surface area contributed by atoms with Crippen LogP contribution in [0.3, 0.4) is 0 Å². The Bertz CT molecular complexity index is 569. The zero-order valence-electron chi connectivity index (χ0n) is 17.8. The van der Waals surface area contributed by atoms with E-state index in [-0.39, 0.29) is 16.0 Å². The highest BCUT2D eigenvalue weighted by atomic mass is 35.7. The molecule has 2 unspecified atom stereocenters. The highest BCUT2D eigenvalue weighted by Gasteiger charge is 2.34. The topological polar surface area (TPSA) is 9.23 Å². The predicted octanol–water partition coefficient (Wildman–Crippen LogP) is 7.92. The highest BCUT2D eigenvalue weighted by molar-refractivity contribution is 7.69. The Labute approximate surface area is 162 Å². The normalized spacial score (nSPS) is 15.6. The van der Waals surface area contributed by atoms with Gasteiger partial charge in [0.15, 0.2) is 0 Å². The minimum absolute atomic E-state index is 0.0289. The fraction of sp³-hybridized carbons (Fsp3) is 0.727. The SMILES string of the molecule is CCCCCC(C)(PCl)c1cc(C(C)(C)C)cc(C(C)(C)C)c1OC. The van der Waals surface area contributed by atoms with Crippen molar-refractivity contribution in [1.82, 2.24) is 0 Å². The molecule has 0 aliphatic heterocycles. The molecule has 0 radical (unpaired) electrons. The summed E-state index contributed by atoms with van der Waals surface area (Å²) in [6, 6.07) is 4.70. The van der Waals surface area contributed by atoms with Gasteiger partial charge in [0.2, 0.25) is 0 Å². The van der Waals surface area contributed by atoms with Crippen LogP contribution in [0.2, 0.25) is 0 Å². The van der Waals surface area contributed by atoms with Crippen molar-refractivity contribution >= 4 is 19.2 Å². The molecule has 25 heavy (non-hydrogen) atoms. The molecule has 0 spiro atoms. The van der Waals surface area contributed by atoms with Crippen molar-refractivity contribution in [2.75, 3.05) is 7.11 Å². The molecule has 0 aliphatic carbocycles. The van der Waals surface area contributed by atoms with E-state index in [1.165, 1.54) is 36.0 Å². The summed E-state index contributed by atoms with van der Waals surface area (Å²) in [5.41, 5.74) is 4.07. The summed E-state index contributed by atoms with van der Waals surface area (Å²) < 4.78 is 5.97. The fourth-order valence-corrected chi connectivity index (χ4v) is 4.36. The van der Waals surface area contributed by atoms with Gasteiger partial charge in [-0.2, -0.15) is 0 Å². The lowest BCUT2D eigenvalue weighted by molar-refractivity contribution is 0.383. The van der Waals surface area contributed by atoms with Crippen LogP contribution in [0.25, 0.3) is 0 Å². The first kappa shape index (κ1) is 22.8. The maximum absolute atomic E-state index is 6.56. The van der Waals surface area contributed by atoms with Crippen molar-refractivity contribution in [3.8, 4) is 5.75 Å². The maximum Gasteiger partial charge on any atom is 0.126 e. The van der Waals surface area contributed by atoms with E-state index in [2.05, 4.69) is 67.5 Å². The van der Waals surface area contributed by atoms with Crippen LogP contribution in [0.15, 0.2) is 12.1 Å². The molecule has 0 amide bonds. The van der Waals surface area contributed by atoms with Gasteiger partial charge in [-0.3, -0.25) is 0 Å². The van der Waals surface area contributed by atoms with E-state index in [0.717, 1.165) is 12.2 Å². The number of methoxy groups -OCH3 is 1. The summed E-state index contributed by atoms with van der Waals surface area (Å²) in [5, 5.41) is -0.0384. The third kappa shape index (κ3) is 5.61. The second kappa shape index (κ2) is 8.62. The number of hydrogen-bond donors (Lipinski definition) is 0. The van der Waals surface area contributed by atoms with Crippen molar-refractivity contribution in [3.63, 3.8) is 0 Å². The van der Waals surface area contributed by atoms with Gasteiger partial charge in [-0.1, -0.05) is 98.0 Å². The Kier molecular flexibility index (Phi) is 7.85. The van der Waals surface area contributed by atoms with Crippen LogP contribution in [-0.4, -0.2) is 7.11 Å². The van der Waals surface area contributed by atoms with Crippen molar-refractivity contribution in [1.29, 1.82) is 0 Å². The van der Waals surface area contributed by atoms with Gasteiger partial charge in [0.05, 0.1) is 7.11 Å². The summed E-state index contributed by atoms with van der Waals surface area (Å²) >= 11 is 6.56. The molecular weight excluding hydrogens is 347 g/mol. The first-order valence-electron chi connectivity index (χ1n) is 9.52. The number of hydrogen-bond acceptors (Lipinski definition) is 1. The van der Waals surface area contributed by atoms with E-state index in [4.69, 9.17) is 16.0 Å². The van der Waals surface area contributed by atoms with E-state index < -0.39 is 0 Å². The first-order valence-corrected chi connectivity index (χ1v) is 11.5. The van der Waals surface area contributed by atoms with Crippen LogP contribution in [0, 0.1) is 0 Å². The number of benzene rings is 1. The van der Waals surface area contributed by atoms with Crippen molar-refractivity contribution in [2.45, 2.75) is 97.1 Å². The van der Waals surface area contributed by atoms with Gasteiger partial charge in [-0.25, -0.2) is 0 Å². The summed E-state index contributed by atoms with van der Waals surface area (Å²) in [4.78, 5) is 0. The van der Waals surface area contributed by atoms with Gasteiger partial charge in [-0.15, -0.1) is 0 Å². The molecule has 3 heteroatoms. The molecule has 0 fully saturated rings. The molecule has 1 rings (SSSR count). The highest BCUT2D eigenvalue weighted by Crippen LogP contribution is 2.53. The molecule has 0 aliphatic rings. The van der Waals surface area contributed by atoms with Crippen LogP contribution in [-0.2, 0) is 16.0 Å². The average Bonchev–Trinajstić information content (AvgIpc) is 2.51. The summed E-state index contributed by atoms with van der Waals surface area (Å²) in [7, 11) is 2.14. The maximum atomic E-state index is 6.56. The largest absolute Gasteiger partial charge is 0.496 e. The third-order valence-electron chi connectivity index (χ3n) is 5.05. The van der Waals surface area contributed by atoms with E-state index in [9.17, 15) is 0 Å². The molecule has 0 heterocycles. The second-order valence-electron chi connectivity index (χ2n) is 9.49. The monoisotopic (exact) mass is 384 g/mol. The Morgan fingerprint density at radius 1 is 0.920 bits per heavy atom. The van der Waals surface area contributed by atoms with Crippen LogP contribution >= 0.6 is 19.2 Å². The van der Waals surface area contributed by atoms with E-state index in [1.54, 1.807) is 7.11 Å². The van der Waals surface area contributed by atoms with E-state index in [0.29, 0.717) is 7.93 Å². The molecule has 0 aromatic heterocycles. The lowest BCUT2D eigenvalue weighted by Crippen LogP contribution is -2.23. The standard InChI is InChI=1S/C22H38ClOP/c1-10-11-12-13-22(8,25-23)18-15-16(20(2,3)4)14-17(19(18)24-9)21(5,6)7/h14-15,25H,10-13H2,1-9H3. The molecule has 1 nitrogen and oxygen atoms in total. The number of halogens is 1. The minimum Gasteiger partial charge on any atom is -0.496 e. The smallest absolute Gasteiger partial charge is 0.126 e. The molecule has 0 saturated heterocycles. The molecule has 1 aromatic rings. The second-order valence-corrected chi connectivity index (χ2v) is 11.3. The number of rotatable bonds is 7. The van der Waals surface area contributed by atoms with Crippen LogP contribution < -0.4 is 4.74 Å². The lowest BCUT2D eigenvalue weighted by Gasteiger charge is -2.35. The summed E-state index contributed by atoms with van der Waals surface area (Å²) in [6.45, 7) is 18.2. The Morgan fingerprint density at radius 2 is 1.48 bits per heavy atom. The summed E-state index contributed by atoms with van der Waals surface area (Å²) in [6.07, 6.45) is 4.80. The van der Waals surface area contributed by atoms with Gasteiger partial charge in [-0.05, 0) is 30.7 Å². The van der Waals surface area contributed by atoms with Gasteiger partial charge in [0.1, 0.15) is 5.75 Å². The number of unbranched alkanes of at least 4 members (excludes halogenated alkanes) is 2. The zero-order chi connectivity index (χ0) is 19.5. The van der Waals surface area contributed by atoms with Crippen LogP contribution in [0.4, 0.5) is 0 Å². The van der Waals surface area contributed by atoms with E-state index >= 15 is 0 Å². The van der Waals surface area contributed by atoms with Gasteiger partial charge in [0, 0.05) is 16.3 Å². The number of ether oxygens (including phenoxy) is 1. The van der Waals surface area contributed by atoms with Crippen molar-refractivity contribution in [2.24, 2.45) is 0 Å². The molecule has 144 valence electrons. The zero-order valence-corrected chi connectivity index (χ0v) is 19.5. The Balaban J connectivity index is 3.65. The quantitative estimate of drug-likeness (QED) is 0.342. The van der Waals surface area contributed by atoms with E-state index in [1.807, 2.05) is 0 Å². The van der Waals surface area contributed by atoms with Gasteiger partial charge in [0.25, 0.3) is 0 Å². The van der Waals surface area contributed by atoms with Crippen LogP contribution in [0.1, 0.15) is 97.8 Å². The molecule has 0 bridgehead atoms. The molecule has 0 N–H and O–H groups in total. The first-order chi connectivity index (χ1) is 11.4. The average molecular weight is 385 g/mol. The fourth-order valence-electron chi connectivity index (χ4n) is 3.21. The van der Waals surface area contributed by atoms with Gasteiger partial charge >= 0.3 is 0 Å². The van der Waals surface area contributed by atoms with Crippen LogP contribution in [0.5, 0.6) is 5.75 Å². The predicted molar refractivity (Wildman–Crippen MR) is 116 cm³/mol. The lowest BCUT2D eigenvalue weighted by atomic mass is 9.76. The third-order valence-corrected chi connectivity index (χ3v) is 7.24. The molecule has 0 saturated carbocycles. The molecule has 2 atom stereocenters. The molecule has 1 aromatic carbocycles. The van der Waals surface area contributed by atoms with Gasteiger partial charge < -0.3 is 4.74 Å².